The molecule has 0 aliphatic carbocycles. The van der Waals surface area contributed by atoms with Crippen LogP contribution in [-0.2, 0) is 0 Å². The van der Waals surface area contributed by atoms with E-state index in [1.165, 1.54) is 0 Å². The Kier molecular flexibility index (Phi) is 7.65. The van der Waals surface area contributed by atoms with Crippen LogP contribution < -0.4 is 4.74 Å². The topological polar surface area (TPSA) is 75.2 Å². The van der Waals surface area contributed by atoms with Crippen molar-refractivity contribution >= 4 is 16.7 Å². The lowest BCUT2D eigenvalue weighted by Gasteiger charge is -1.99. The predicted molar refractivity (Wildman–Crippen MR) is 97.4 cm³/mol. The molecule has 0 aliphatic rings. The van der Waals surface area contributed by atoms with E-state index in [9.17, 15) is 4.79 Å². The van der Waals surface area contributed by atoms with Crippen LogP contribution in [0, 0.1) is 0 Å². The van der Waals surface area contributed by atoms with E-state index in [-0.39, 0.29) is 12.4 Å². The molecule has 5 nitrogen and oxygen atoms in total. The van der Waals surface area contributed by atoms with E-state index in [0.29, 0.717) is 11.3 Å². The highest BCUT2D eigenvalue weighted by molar-refractivity contribution is 6.14. The summed E-state index contributed by atoms with van der Waals surface area (Å²) in [5, 5.41) is 16.0. The minimum Gasteiger partial charge on any atom is -0.497 e. The van der Waals surface area contributed by atoms with E-state index in [4.69, 9.17) is 9.84 Å². The van der Waals surface area contributed by atoms with Crippen molar-refractivity contribution in [2.24, 2.45) is 0 Å². The summed E-state index contributed by atoms with van der Waals surface area (Å²) < 4.78 is 5.12. The van der Waals surface area contributed by atoms with Gasteiger partial charge in [0.05, 0.1) is 19.2 Å². The van der Waals surface area contributed by atoms with Crippen LogP contribution in [0.4, 0.5) is 0 Å². The van der Waals surface area contributed by atoms with Gasteiger partial charge in [-0.3, -0.25) is 9.89 Å². The fraction of sp³-hybridized carbons (Fsp3) is 0.263. The van der Waals surface area contributed by atoms with E-state index in [1.54, 1.807) is 26.2 Å². The quantitative estimate of drug-likeness (QED) is 0.480. The molecule has 24 heavy (non-hydrogen) atoms. The number of aromatic nitrogens is 2. The van der Waals surface area contributed by atoms with Crippen molar-refractivity contribution in [1.29, 1.82) is 0 Å². The van der Waals surface area contributed by atoms with Gasteiger partial charge in [-0.15, -0.1) is 6.58 Å². The third-order valence-electron chi connectivity index (χ3n) is 3.43. The van der Waals surface area contributed by atoms with Gasteiger partial charge in [0.15, 0.2) is 0 Å². The molecule has 1 heterocycles. The van der Waals surface area contributed by atoms with Crippen LogP contribution in [0.1, 0.15) is 30.8 Å². The number of allylic oxidation sites excluding steroid dienone is 3. The fourth-order valence-electron chi connectivity index (χ4n) is 1.89. The average molecular weight is 328 g/mol. The minimum absolute atomic E-state index is 0.0519. The first-order valence-corrected chi connectivity index (χ1v) is 7.56. The number of ketones is 1. The molecular formula is C19H24N2O3. The van der Waals surface area contributed by atoms with E-state index in [0.717, 1.165) is 28.6 Å². The second-order valence-corrected chi connectivity index (χ2v) is 5.19. The molecule has 0 aliphatic heterocycles. The summed E-state index contributed by atoms with van der Waals surface area (Å²) in [5.74, 6) is 0.687. The number of methoxy groups -OCH3 is 1. The number of carbonyl (C=O) groups excluding carboxylic acids is 1. The zero-order valence-corrected chi connectivity index (χ0v) is 14.4. The summed E-state index contributed by atoms with van der Waals surface area (Å²) in [5.41, 5.74) is 2.76. The van der Waals surface area contributed by atoms with Crippen molar-refractivity contribution < 1.29 is 14.6 Å². The third-order valence-corrected chi connectivity index (χ3v) is 3.43. The Morgan fingerprint density at radius 2 is 2.17 bits per heavy atom. The number of fused-ring (bicyclic) bond motifs is 1. The molecule has 5 heteroatoms. The van der Waals surface area contributed by atoms with Gasteiger partial charge in [0.25, 0.3) is 0 Å². The van der Waals surface area contributed by atoms with Crippen LogP contribution in [0.15, 0.2) is 54.7 Å². The Morgan fingerprint density at radius 1 is 1.46 bits per heavy atom. The molecule has 2 aromatic rings. The summed E-state index contributed by atoms with van der Waals surface area (Å²) in [7, 11) is 1.60. The van der Waals surface area contributed by atoms with E-state index in [1.807, 2.05) is 25.1 Å². The van der Waals surface area contributed by atoms with Crippen molar-refractivity contribution in [3.8, 4) is 5.75 Å². The molecule has 0 bridgehead atoms. The number of aliphatic hydroxyl groups excluding tert-OH is 1. The summed E-state index contributed by atoms with van der Waals surface area (Å²) in [6.45, 7) is 10.7. The normalized spacial score (nSPS) is 10.8. The first-order chi connectivity index (χ1) is 11.5. The number of nitrogens with one attached hydrogen (secondary N) is 1. The van der Waals surface area contributed by atoms with Gasteiger partial charge >= 0.3 is 0 Å². The van der Waals surface area contributed by atoms with Crippen LogP contribution in [-0.4, -0.2) is 34.8 Å². The molecular weight excluding hydrogens is 304 g/mol. The molecule has 0 saturated heterocycles. The van der Waals surface area contributed by atoms with Gasteiger partial charge in [0.1, 0.15) is 11.4 Å². The van der Waals surface area contributed by atoms with Crippen molar-refractivity contribution in [3.63, 3.8) is 0 Å². The van der Waals surface area contributed by atoms with Crippen LogP contribution in [0.5, 0.6) is 5.75 Å². The third kappa shape index (κ3) is 4.93. The van der Waals surface area contributed by atoms with Gasteiger partial charge in [-0.05, 0) is 43.5 Å². The Balaban J connectivity index is 0.000000351. The number of carbonyl (C=O) groups is 1. The predicted octanol–water partition coefficient (Wildman–Crippen LogP) is 3.83. The SMILES string of the molecule is C/C=C(\C)C(=O)c1n[nH]c2cc(OC)ccc12.C=CCC(=C)CO. The van der Waals surface area contributed by atoms with Crippen molar-refractivity contribution in [2.75, 3.05) is 13.7 Å². The molecule has 0 atom stereocenters. The fourth-order valence-corrected chi connectivity index (χ4v) is 1.89. The Morgan fingerprint density at radius 3 is 2.67 bits per heavy atom. The molecule has 0 amide bonds. The first-order valence-electron chi connectivity index (χ1n) is 7.56. The van der Waals surface area contributed by atoms with Gasteiger partial charge in [-0.25, -0.2) is 0 Å². The zero-order chi connectivity index (χ0) is 18.1. The number of aliphatic hydroxyl groups is 1. The number of Topliss-reactive ketones (excluding diaryl/α,β-unsaturated/α-hetero) is 1. The maximum atomic E-state index is 12.0. The lowest BCUT2D eigenvalue weighted by Crippen LogP contribution is -2.01. The summed E-state index contributed by atoms with van der Waals surface area (Å²) in [4.78, 5) is 12.0. The first kappa shape index (κ1) is 19.4. The van der Waals surface area contributed by atoms with Gasteiger partial charge in [0, 0.05) is 11.5 Å². The molecule has 0 fully saturated rings. The molecule has 0 saturated carbocycles. The van der Waals surface area contributed by atoms with Gasteiger partial charge in [-0.1, -0.05) is 18.7 Å². The van der Waals surface area contributed by atoms with E-state index in [2.05, 4.69) is 23.4 Å². The summed E-state index contributed by atoms with van der Waals surface area (Å²) in [6, 6.07) is 5.48. The molecule has 128 valence electrons. The average Bonchev–Trinajstić information content (AvgIpc) is 3.03. The molecule has 1 aromatic carbocycles. The minimum atomic E-state index is -0.0519. The Bertz CT molecular complexity index is 757. The Hall–Kier alpha value is -2.66. The lowest BCUT2D eigenvalue weighted by molar-refractivity contribution is 0.103. The molecule has 0 radical (unpaired) electrons. The number of H-pyrrole nitrogens is 1. The molecule has 2 N–H and O–H groups in total. The lowest BCUT2D eigenvalue weighted by atomic mass is 10.1. The summed E-state index contributed by atoms with van der Waals surface area (Å²) >= 11 is 0. The number of aromatic amines is 1. The highest BCUT2D eigenvalue weighted by atomic mass is 16.5. The number of rotatable bonds is 6. The number of nitrogens with zero attached hydrogens (tertiary/aromatic N) is 1. The van der Waals surface area contributed by atoms with Crippen molar-refractivity contribution in [2.45, 2.75) is 20.3 Å². The maximum absolute atomic E-state index is 12.0. The highest BCUT2D eigenvalue weighted by Crippen LogP contribution is 2.23. The molecule has 2 rings (SSSR count). The largest absolute Gasteiger partial charge is 0.497 e. The molecule has 0 unspecified atom stereocenters. The van der Waals surface area contributed by atoms with Crippen molar-refractivity contribution in [1.82, 2.24) is 10.2 Å². The highest BCUT2D eigenvalue weighted by Gasteiger charge is 2.15. The standard InChI is InChI=1S/C13H14N2O2.C6H10O/c1-4-8(2)13(16)12-10-6-5-9(17-3)7-11(10)14-15-12;1-3-4-6(2)5-7/h4-7H,1-3H3,(H,14,15);3,7H,1-2,4-5H2/b8-4+;. The second kappa shape index (κ2) is 9.47. The van der Waals surface area contributed by atoms with Crippen LogP contribution in [0.2, 0.25) is 0 Å². The van der Waals surface area contributed by atoms with Crippen molar-refractivity contribution in [3.05, 3.63) is 60.3 Å². The van der Waals surface area contributed by atoms with Crippen LogP contribution in [0.3, 0.4) is 0 Å². The van der Waals surface area contributed by atoms with Crippen LogP contribution in [0.25, 0.3) is 10.9 Å². The van der Waals surface area contributed by atoms with Gasteiger partial charge in [-0.2, -0.15) is 5.10 Å². The van der Waals surface area contributed by atoms with Gasteiger partial charge < -0.3 is 9.84 Å². The Labute approximate surface area is 142 Å². The van der Waals surface area contributed by atoms with E-state index >= 15 is 0 Å². The van der Waals surface area contributed by atoms with E-state index < -0.39 is 0 Å². The number of ether oxygens (including phenoxy) is 1. The second-order valence-electron chi connectivity index (χ2n) is 5.19. The van der Waals surface area contributed by atoms with Crippen LogP contribution >= 0.6 is 0 Å². The number of benzene rings is 1. The summed E-state index contributed by atoms with van der Waals surface area (Å²) in [6.07, 6.45) is 4.22. The maximum Gasteiger partial charge on any atom is 0.209 e. The smallest absolute Gasteiger partial charge is 0.209 e. The molecule has 0 spiro atoms. The monoisotopic (exact) mass is 328 g/mol. The van der Waals surface area contributed by atoms with Gasteiger partial charge in [0.2, 0.25) is 5.78 Å². The number of hydrogen-bond donors (Lipinski definition) is 2. The zero-order valence-electron chi connectivity index (χ0n) is 14.4. The number of hydrogen-bond acceptors (Lipinski definition) is 4. The molecule has 1 aromatic heterocycles.